The normalized spacial score (nSPS) is 26.8. The first kappa shape index (κ1) is 28.0. The number of rotatable bonds is 4. The first-order valence-electron chi connectivity index (χ1n) is 14.3. The fourth-order valence-electron chi connectivity index (χ4n) is 7.24. The van der Waals surface area contributed by atoms with Gasteiger partial charge in [0.05, 0.1) is 23.6 Å². The number of nitrogens with zero attached hydrogens (tertiary/aromatic N) is 3. The molecule has 4 aliphatic rings. The minimum atomic E-state index is -4.46. The standard InChI is InChI=1S/C31H36F3N3O4/c1-35(2)28(38)22-5-3-4-21(14-22)20-8-11-36(12-9-20)25-16-27-30(17-25,10-13-40-27)29(39)37-18-23-15-24(31(32,33)34)6-7-26(23)41-19-37/h3-7,14-15,20,25,27H,8-13,16-19H2,1-2H3/t25?,27-,30-/m1/s1. The molecule has 220 valence electrons. The summed E-state index contributed by atoms with van der Waals surface area (Å²) in [6, 6.07) is 11.6. The second kappa shape index (κ2) is 10.6. The van der Waals surface area contributed by atoms with Crippen LogP contribution in [0.3, 0.4) is 0 Å². The highest BCUT2D eigenvalue weighted by molar-refractivity contribution is 5.94. The molecule has 3 atom stereocenters. The number of piperidine rings is 1. The van der Waals surface area contributed by atoms with Gasteiger partial charge in [-0.3, -0.25) is 9.59 Å². The van der Waals surface area contributed by atoms with E-state index in [0.29, 0.717) is 42.2 Å². The summed E-state index contributed by atoms with van der Waals surface area (Å²) in [6.45, 7) is 2.43. The summed E-state index contributed by atoms with van der Waals surface area (Å²) < 4.78 is 51.7. The van der Waals surface area contributed by atoms with E-state index in [1.807, 2.05) is 18.2 Å². The van der Waals surface area contributed by atoms with Gasteiger partial charge in [0, 0.05) is 37.9 Å². The molecule has 3 fully saturated rings. The Morgan fingerprint density at radius 3 is 2.59 bits per heavy atom. The Kier molecular flexibility index (Phi) is 7.26. The van der Waals surface area contributed by atoms with Crippen LogP contribution in [-0.2, 0) is 22.3 Å². The highest BCUT2D eigenvalue weighted by atomic mass is 19.4. The molecule has 10 heteroatoms. The molecule has 41 heavy (non-hydrogen) atoms. The maximum atomic E-state index is 14.0. The van der Waals surface area contributed by atoms with Gasteiger partial charge in [-0.05, 0) is 87.0 Å². The summed E-state index contributed by atoms with van der Waals surface area (Å²) in [4.78, 5) is 32.0. The van der Waals surface area contributed by atoms with E-state index in [9.17, 15) is 22.8 Å². The lowest BCUT2D eigenvalue weighted by Crippen LogP contribution is -2.49. The molecular formula is C31H36F3N3O4. The topological polar surface area (TPSA) is 62.3 Å². The minimum absolute atomic E-state index is 0.000123. The van der Waals surface area contributed by atoms with E-state index in [1.54, 1.807) is 23.9 Å². The molecule has 0 spiro atoms. The number of hydrogen-bond acceptors (Lipinski definition) is 5. The molecule has 3 heterocycles. The summed E-state index contributed by atoms with van der Waals surface area (Å²) in [5.74, 6) is 0.687. The van der Waals surface area contributed by atoms with Gasteiger partial charge < -0.3 is 24.2 Å². The molecule has 2 amide bonds. The molecule has 2 aromatic rings. The third-order valence-electron chi connectivity index (χ3n) is 9.46. The van der Waals surface area contributed by atoms with Crippen LogP contribution in [0.1, 0.15) is 65.1 Å². The predicted octanol–water partition coefficient (Wildman–Crippen LogP) is 4.90. The summed E-state index contributed by atoms with van der Waals surface area (Å²) >= 11 is 0. The van der Waals surface area contributed by atoms with Crippen LogP contribution < -0.4 is 4.74 Å². The van der Waals surface area contributed by atoms with E-state index in [0.717, 1.165) is 44.5 Å². The average molecular weight is 572 g/mol. The average Bonchev–Trinajstić information content (AvgIpc) is 3.54. The Labute approximate surface area is 238 Å². The maximum Gasteiger partial charge on any atom is 0.416 e. The lowest BCUT2D eigenvalue weighted by Gasteiger charge is -2.38. The number of hydrogen-bond donors (Lipinski definition) is 0. The quantitative estimate of drug-likeness (QED) is 0.523. The van der Waals surface area contributed by atoms with Crippen molar-refractivity contribution < 1.29 is 32.2 Å². The summed E-state index contributed by atoms with van der Waals surface area (Å²) in [6.07, 6.45) is -0.645. The van der Waals surface area contributed by atoms with Crippen molar-refractivity contribution in [1.82, 2.24) is 14.7 Å². The fraction of sp³-hybridized carbons (Fsp3) is 0.548. The molecule has 0 radical (unpaired) electrons. The van der Waals surface area contributed by atoms with E-state index in [2.05, 4.69) is 11.0 Å². The third-order valence-corrected chi connectivity index (χ3v) is 9.46. The van der Waals surface area contributed by atoms with E-state index >= 15 is 0 Å². The van der Waals surface area contributed by atoms with Crippen molar-refractivity contribution in [2.75, 3.05) is 40.5 Å². The van der Waals surface area contributed by atoms with Crippen molar-refractivity contribution in [2.45, 2.75) is 62.9 Å². The van der Waals surface area contributed by atoms with Crippen LogP contribution in [0.25, 0.3) is 0 Å². The lowest BCUT2D eigenvalue weighted by atomic mass is 9.80. The molecule has 1 unspecified atom stereocenters. The lowest BCUT2D eigenvalue weighted by molar-refractivity contribution is -0.149. The molecule has 0 bridgehead atoms. The molecule has 1 aliphatic carbocycles. The van der Waals surface area contributed by atoms with Gasteiger partial charge in [-0.1, -0.05) is 12.1 Å². The molecule has 1 saturated carbocycles. The van der Waals surface area contributed by atoms with Crippen LogP contribution >= 0.6 is 0 Å². The Morgan fingerprint density at radius 2 is 1.85 bits per heavy atom. The van der Waals surface area contributed by atoms with Gasteiger partial charge in [-0.15, -0.1) is 0 Å². The van der Waals surface area contributed by atoms with Crippen LogP contribution in [-0.4, -0.2) is 79.2 Å². The molecule has 3 aliphatic heterocycles. The first-order valence-corrected chi connectivity index (χ1v) is 14.3. The van der Waals surface area contributed by atoms with Gasteiger partial charge in [-0.25, -0.2) is 0 Å². The number of likely N-dealkylation sites (tertiary alicyclic amines) is 1. The second-order valence-electron chi connectivity index (χ2n) is 12.1. The Bertz CT molecular complexity index is 1320. The van der Waals surface area contributed by atoms with Crippen LogP contribution in [0.5, 0.6) is 5.75 Å². The first-order chi connectivity index (χ1) is 19.5. The molecule has 7 nitrogen and oxygen atoms in total. The van der Waals surface area contributed by atoms with Gasteiger partial charge in [0.2, 0.25) is 5.91 Å². The summed E-state index contributed by atoms with van der Waals surface area (Å²) in [5.41, 5.74) is 0.851. The third kappa shape index (κ3) is 5.20. The van der Waals surface area contributed by atoms with E-state index in [-0.39, 0.29) is 37.2 Å². The van der Waals surface area contributed by atoms with Crippen molar-refractivity contribution >= 4 is 11.8 Å². The summed E-state index contributed by atoms with van der Waals surface area (Å²) in [7, 11) is 3.51. The highest BCUT2D eigenvalue weighted by Crippen LogP contribution is 2.51. The zero-order chi connectivity index (χ0) is 28.9. The Balaban J connectivity index is 1.11. The number of carbonyl (C=O) groups is 2. The van der Waals surface area contributed by atoms with Gasteiger partial charge in [-0.2, -0.15) is 13.2 Å². The summed E-state index contributed by atoms with van der Waals surface area (Å²) in [5, 5.41) is 0. The van der Waals surface area contributed by atoms with Crippen LogP contribution in [0.2, 0.25) is 0 Å². The minimum Gasteiger partial charge on any atom is -0.473 e. The number of benzene rings is 2. The Hall–Kier alpha value is -3.11. The van der Waals surface area contributed by atoms with Crippen LogP contribution in [0.15, 0.2) is 42.5 Å². The van der Waals surface area contributed by atoms with Crippen LogP contribution in [0, 0.1) is 5.41 Å². The van der Waals surface area contributed by atoms with Crippen molar-refractivity contribution in [2.24, 2.45) is 5.41 Å². The highest BCUT2D eigenvalue weighted by Gasteiger charge is 2.58. The molecule has 0 N–H and O–H groups in total. The zero-order valence-electron chi connectivity index (χ0n) is 23.5. The smallest absolute Gasteiger partial charge is 0.416 e. The number of carbonyl (C=O) groups excluding carboxylic acids is 2. The van der Waals surface area contributed by atoms with E-state index in [1.165, 1.54) is 11.6 Å². The number of halogens is 3. The molecule has 2 aromatic carbocycles. The van der Waals surface area contributed by atoms with Gasteiger partial charge in [0.1, 0.15) is 5.75 Å². The largest absolute Gasteiger partial charge is 0.473 e. The number of alkyl halides is 3. The van der Waals surface area contributed by atoms with Crippen LogP contribution in [0.4, 0.5) is 13.2 Å². The second-order valence-corrected chi connectivity index (χ2v) is 12.1. The Morgan fingerprint density at radius 1 is 1.07 bits per heavy atom. The van der Waals surface area contributed by atoms with Crippen molar-refractivity contribution in [3.8, 4) is 5.75 Å². The maximum absolute atomic E-state index is 14.0. The predicted molar refractivity (Wildman–Crippen MR) is 145 cm³/mol. The van der Waals surface area contributed by atoms with Gasteiger partial charge >= 0.3 is 6.18 Å². The van der Waals surface area contributed by atoms with Crippen molar-refractivity contribution in [3.05, 3.63) is 64.7 Å². The van der Waals surface area contributed by atoms with Gasteiger partial charge in [0.15, 0.2) is 6.73 Å². The molecular weight excluding hydrogens is 535 g/mol. The van der Waals surface area contributed by atoms with Crippen molar-refractivity contribution in [1.29, 1.82) is 0 Å². The van der Waals surface area contributed by atoms with Crippen molar-refractivity contribution in [3.63, 3.8) is 0 Å². The number of fused-ring (bicyclic) bond motifs is 2. The number of ether oxygens (including phenoxy) is 2. The monoisotopic (exact) mass is 571 g/mol. The van der Waals surface area contributed by atoms with E-state index in [4.69, 9.17) is 9.47 Å². The fourth-order valence-corrected chi connectivity index (χ4v) is 7.24. The molecule has 6 rings (SSSR count). The molecule has 0 aromatic heterocycles. The number of amides is 2. The zero-order valence-corrected chi connectivity index (χ0v) is 23.5. The van der Waals surface area contributed by atoms with Gasteiger partial charge in [0.25, 0.3) is 5.91 Å². The van der Waals surface area contributed by atoms with E-state index < -0.39 is 17.2 Å². The molecule has 2 saturated heterocycles. The SMILES string of the molecule is CN(C)C(=O)c1cccc(C2CCN(C3C[C@H]4OCC[C@@]4(C(=O)N4COc5ccc(C(F)(F)F)cc5C4)C3)CC2)c1.